The lowest BCUT2D eigenvalue weighted by Gasteiger charge is -2.00. The molecule has 0 aliphatic rings. The van der Waals surface area contributed by atoms with Gasteiger partial charge in [-0.15, -0.1) is 0 Å². The summed E-state index contributed by atoms with van der Waals surface area (Å²) in [7, 11) is 0. The molecule has 0 aliphatic carbocycles. The Bertz CT molecular complexity index is 81.3. The number of nitrogens with one attached hydrogen (secondary N) is 1. The zero-order valence-corrected chi connectivity index (χ0v) is 6.89. The lowest BCUT2D eigenvalue weighted by molar-refractivity contribution is 0.243. The molecule has 0 heterocycles. The number of rotatable bonds is 6. The molecule has 0 fully saturated rings. The van der Waals surface area contributed by atoms with Gasteiger partial charge in [0, 0.05) is 0 Å². The fraction of sp³-hybridized carbons (Fsp3) is 0.750. The summed E-state index contributed by atoms with van der Waals surface area (Å²) in [5.74, 6) is 0. The molecule has 0 aliphatic heterocycles. The van der Waals surface area contributed by atoms with Crippen LogP contribution >= 0.6 is 0 Å². The first-order valence-corrected chi connectivity index (χ1v) is 3.85. The van der Waals surface area contributed by atoms with E-state index >= 15 is 0 Å². The van der Waals surface area contributed by atoms with Gasteiger partial charge in [0.15, 0.2) is 0 Å². The summed E-state index contributed by atoms with van der Waals surface area (Å²) in [5.41, 5.74) is 0. The van der Waals surface area contributed by atoms with Crippen molar-refractivity contribution in [2.24, 2.45) is 0 Å². The van der Waals surface area contributed by atoms with Gasteiger partial charge in [-0.25, -0.2) is 0 Å². The van der Waals surface area contributed by atoms with E-state index in [1.165, 1.54) is 0 Å². The quantitative estimate of drug-likeness (QED) is 0.450. The molecule has 2 nitrogen and oxygen atoms in total. The van der Waals surface area contributed by atoms with Crippen molar-refractivity contribution in [3.05, 3.63) is 12.3 Å². The third-order valence-electron chi connectivity index (χ3n) is 1.10. The molecule has 0 atom stereocenters. The predicted molar refractivity (Wildman–Crippen MR) is 43.9 cm³/mol. The van der Waals surface area contributed by atoms with Gasteiger partial charge >= 0.3 is 0 Å². The van der Waals surface area contributed by atoms with Crippen LogP contribution in [0.25, 0.3) is 0 Å². The highest BCUT2D eigenvalue weighted by Gasteiger charge is 1.82. The van der Waals surface area contributed by atoms with Gasteiger partial charge in [0.1, 0.15) is 0 Å². The van der Waals surface area contributed by atoms with Gasteiger partial charge < -0.3 is 10.1 Å². The van der Waals surface area contributed by atoms with Crippen LogP contribution < -0.4 is 5.32 Å². The van der Waals surface area contributed by atoms with Crippen molar-refractivity contribution in [3.8, 4) is 0 Å². The van der Waals surface area contributed by atoms with Crippen LogP contribution in [-0.2, 0) is 4.74 Å². The zero-order chi connectivity index (χ0) is 7.66. The summed E-state index contributed by atoms with van der Waals surface area (Å²) < 4.78 is 5.11. The molecular weight excluding hydrogens is 126 g/mol. The first kappa shape index (κ1) is 9.50. The van der Waals surface area contributed by atoms with Crippen LogP contribution in [0.2, 0.25) is 0 Å². The number of allylic oxidation sites excluding steroid dienone is 1. The minimum absolute atomic E-state index is 0.817. The van der Waals surface area contributed by atoms with E-state index in [1.54, 1.807) is 6.26 Å². The van der Waals surface area contributed by atoms with Crippen molar-refractivity contribution < 1.29 is 4.74 Å². The van der Waals surface area contributed by atoms with Crippen molar-refractivity contribution in [3.63, 3.8) is 0 Å². The van der Waals surface area contributed by atoms with E-state index in [2.05, 4.69) is 12.2 Å². The van der Waals surface area contributed by atoms with Crippen LogP contribution in [0.1, 0.15) is 20.3 Å². The largest absolute Gasteiger partial charge is 0.501 e. The Labute approximate surface area is 63.3 Å². The van der Waals surface area contributed by atoms with E-state index in [0.29, 0.717) is 0 Å². The zero-order valence-electron chi connectivity index (χ0n) is 6.89. The third-order valence-corrected chi connectivity index (χ3v) is 1.10. The highest BCUT2D eigenvalue weighted by molar-refractivity contribution is 4.64. The highest BCUT2D eigenvalue weighted by Crippen LogP contribution is 1.81. The summed E-state index contributed by atoms with van der Waals surface area (Å²) in [5, 5.41) is 3.22. The van der Waals surface area contributed by atoms with Crippen molar-refractivity contribution in [1.82, 2.24) is 5.32 Å². The second-order valence-electron chi connectivity index (χ2n) is 2.05. The molecule has 0 aromatic rings. The van der Waals surface area contributed by atoms with Crippen molar-refractivity contribution in [1.29, 1.82) is 0 Å². The maximum Gasteiger partial charge on any atom is 0.0885 e. The lowest BCUT2D eigenvalue weighted by Crippen LogP contribution is -2.15. The van der Waals surface area contributed by atoms with Crippen LogP contribution in [0.3, 0.4) is 0 Å². The van der Waals surface area contributed by atoms with E-state index < -0.39 is 0 Å². The molecule has 0 saturated heterocycles. The van der Waals surface area contributed by atoms with Crippen molar-refractivity contribution in [2.45, 2.75) is 20.3 Å². The Balaban J connectivity index is 2.77. The van der Waals surface area contributed by atoms with Crippen LogP contribution in [0.4, 0.5) is 0 Å². The van der Waals surface area contributed by atoms with Crippen LogP contribution in [-0.4, -0.2) is 19.7 Å². The van der Waals surface area contributed by atoms with Gasteiger partial charge in [-0.3, -0.25) is 0 Å². The summed E-state index contributed by atoms with van der Waals surface area (Å²) in [6.45, 7) is 6.96. The molecule has 0 aromatic carbocycles. The molecule has 0 bridgehead atoms. The van der Waals surface area contributed by atoms with E-state index in [-0.39, 0.29) is 0 Å². The second-order valence-corrected chi connectivity index (χ2v) is 2.05. The minimum Gasteiger partial charge on any atom is -0.501 e. The predicted octanol–water partition coefficient (Wildman–Crippen LogP) is 1.54. The summed E-state index contributed by atoms with van der Waals surface area (Å²) in [6, 6.07) is 0. The van der Waals surface area contributed by atoms with Gasteiger partial charge in [-0.2, -0.15) is 0 Å². The second kappa shape index (κ2) is 8.50. The molecule has 2 heteroatoms. The molecule has 0 saturated carbocycles. The fourth-order valence-electron chi connectivity index (χ4n) is 0.622. The Hall–Kier alpha value is -0.500. The molecule has 10 heavy (non-hydrogen) atoms. The van der Waals surface area contributed by atoms with Crippen molar-refractivity contribution >= 4 is 0 Å². The van der Waals surface area contributed by atoms with E-state index in [9.17, 15) is 0 Å². The molecule has 0 radical (unpaired) electrons. The number of hydrogen-bond acceptors (Lipinski definition) is 2. The van der Waals surface area contributed by atoms with Crippen LogP contribution in [0.5, 0.6) is 0 Å². The SMILES string of the molecule is C/C=C/OCCCNCC. The maximum atomic E-state index is 5.11. The molecule has 0 aromatic heterocycles. The van der Waals surface area contributed by atoms with Gasteiger partial charge in [0.2, 0.25) is 0 Å². The highest BCUT2D eigenvalue weighted by atomic mass is 16.5. The Morgan fingerprint density at radius 2 is 2.30 bits per heavy atom. The van der Waals surface area contributed by atoms with E-state index in [4.69, 9.17) is 4.74 Å². The Kier molecular flexibility index (Phi) is 8.07. The van der Waals surface area contributed by atoms with E-state index in [0.717, 1.165) is 26.1 Å². The molecular formula is C8H17NO. The van der Waals surface area contributed by atoms with E-state index in [1.807, 2.05) is 13.0 Å². The van der Waals surface area contributed by atoms with Crippen LogP contribution in [0, 0.1) is 0 Å². The fourth-order valence-corrected chi connectivity index (χ4v) is 0.622. The van der Waals surface area contributed by atoms with Gasteiger partial charge in [-0.05, 0) is 26.4 Å². The third kappa shape index (κ3) is 7.50. The van der Waals surface area contributed by atoms with Gasteiger partial charge in [-0.1, -0.05) is 13.0 Å². The lowest BCUT2D eigenvalue weighted by atomic mass is 10.4. The molecule has 0 rings (SSSR count). The summed E-state index contributed by atoms with van der Waals surface area (Å²) in [4.78, 5) is 0. The normalized spacial score (nSPS) is 10.6. The molecule has 0 spiro atoms. The smallest absolute Gasteiger partial charge is 0.0885 e. The average molecular weight is 143 g/mol. The number of ether oxygens (including phenoxy) is 1. The van der Waals surface area contributed by atoms with Gasteiger partial charge in [0.25, 0.3) is 0 Å². The van der Waals surface area contributed by atoms with Crippen molar-refractivity contribution in [2.75, 3.05) is 19.7 Å². The van der Waals surface area contributed by atoms with Crippen LogP contribution in [0.15, 0.2) is 12.3 Å². The minimum atomic E-state index is 0.817. The first-order valence-electron chi connectivity index (χ1n) is 3.85. The average Bonchev–Trinajstić information content (AvgIpc) is 1.97. The summed E-state index contributed by atoms with van der Waals surface area (Å²) >= 11 is 0. The molecule has 60 valence electrons. The summed E-state index contributed by atoms with van der Waals surface area (Å²) in [6.07, 6.45) is 4.71. The Morgan fingerprint density at radius 3 is 2.90 bits per heavy atom. The van der Waals surface area contributed by atoms with Gasteiger partial charge in [0.05, 0.1) is 12.9 Å². The molecule has 0 amide bonds. The monoisotopic (exact) mass is 143 g/mol. The standard InChI is InChI=1S/C8H17NO/c1-3-7-10-8-5-6-9-4-2/h3,7,9H,4-6,8H2,1-2H3/b7-3+. The number of hydrogen-bond donors (Lipinski definition) is 1. The Morgan fingerprint density at radius 1 is 1.50 bits per heavy atom. The first-order chi connectivity index (χ1) is 4.91. The maximum absolute atomic E-state index is 5.11. The molecule has 0 unspecified atom stereocenters. The topological polar surface area (TPSA) is 21.3 Å². The molecule has 1 N–H and O–H groups in total.